The lowest BCUT2D eigenvalue weighted by Crippen LogP contribution is -2.26. The average molecular weight is 349 g/mol. The molecule has 1 heterocycles. The lowest BCUT2D eigenvalue weighted by molar-refractivity contribution is 0.0696. The summed E-state index contributed by atoms with van der Waals surface area (Å²) in [6.45, 7) is 0.403. The van der Waals surface area contributed by atoms with Gasteiger partial charge in [-0.3, -0.25) is 0 Å². The lowest BCUT2D eigenvalue weighted by atomic mass is 10.1. The summed E-state index contributed by atoms with van der Waals surface area (Å²) in [7, 11) is -3.68. The standard InChI is InChI=1S/C16H15NO6S/c18-16(19)12-2-4-13(5-3-12)24(20,21)17-8-7-11-1-6-14-15(9-11)23-10-22-14/h1-6,9,17H,7-8,10H2,(H,18,19). The molecule has 0 unspecified atom stereocenters. The molecule has 24 heavy (non-hydrogen) atoms. The zero-order chi connectivity index (χ0) is 17.2. The first-order chi connectivity index (χ1) is 11.5. The minimum absolute atomic E-state index is 0.0261. The fourth-order valence-electron chi connectivity index (χ4n) is 2.29. The van der Waals surface area contributed by atoms with Crippen molar-refractivity contribution in [2.45, 2.75) is 11.3 Å². The highest BCUT2D eigenvalue weighted by Gasteiger charge is 2.16. The Morgan fingerprint density at radius 3 is 2.50 bits per heavy atom. The van der Waals surface area contributed by atoms with Gasteiger partial charge in [-0.1, -0.05) is 6.07 Å². The summed E-state index contributed by atoms with van der Waals surface area (Å²) in [6, 6.07) is 10.5. The molecule has 0 radical (unpaired) electrons. The molecule has 2 N–H and O–H groups in total. The van der Waals surface area contributed by atoms with Crippen LogP contribution < -0.4 is 14.2 Å². The molecule has 0 aromatic heterocycles. The van der Waals surface area contributed by atoms with Gasteiger partial charge in [0.15, 0.2) is 11.5 Å². The fraction of sp³-hybridized carbons (Fsp3) is 0.188. The molecule has 2 aromatic carbocycles. The van der Waals surface area contributed by atoms with Crippen LogP contribution in [-0.2, 0) is 16.4 Å². The zero-order valence-electron chi connectivity index (χ0n) is 12.6. The van der Waals surface area contributed by atoms with E-state index in [0.717, 1.165) is 5.56 Å². The Labute approximate surface area is 138 Å². The Morgan fingerprint density at radius 2 is 1.79 bits per heavy atom. The molecular weight excluding hydrogens is 334 g/mol. The van der Waals surface area contributed by atoms with Crippen LogP contribution in [0.3, 0.4) is 0 Å². The molecule has 1 aliphatic heterocycles. The van der Waals surface area contributed by atoms with Crippen molar-refractivity contribution < 1.29 is 27.8 Å². The summed E-state index contributed by atoms with van der Waals surface area (Å²) in [5.74, 6) is 0.229. The maximum atomic E-state index is 12.2. The second-order valence-corrected chi connectivity index (χ2v) is 6.93. The first-order valence-electron chi connectivity index (χ1n) is 7.17. The number of carboxylic acid groups (broad SMARTS) is 1. The Morgan fingerprint density at radius 1 is 1.08 bits per heavy atom. The molecule has 0 aliphatic carbocycles. The molecule has 2 aromatic rings. The fourth-order valence-corrected chi connectivity index (χ4v) is 3.32. The molecule has 0 atom stereocenters. The van der Waals surface area contributed by atoms with E-state index in [2.05, 4.69) is 4.72 Å². The first kappa shape index (κ1) is 16.3. The quantitative estimate of drug-likeness (QED) is 0.822. The number of sulfonamides is 1. The van der Waals surface area contributed by atoms with Gasteiger partial charge in [0.25, 0.3) is 0 Å². The third-order valence-corrected chi connectivity index (χ3v) is 5.03. The van der Waals surface area contributed by atoms with Gasteiger partial charge in [0.05, 0.1) is 10.5 Å². The Bertz CT molecular complexity index is 861. The molecule has 0 amide bonds. The molecule has 0 bridgehead atoms. The molecule has 7 nitrogen and oxygen atoms in total. The number of rotatable bonds is 6. The number of carboxylic acids is 1. The van der Waals surface area contributed by atoms with Crippen molar-refractivity contribution >= 4 is 16.0 Å². The van der Waals surface area contributed by atoms with Crippen LogP contribution in [0.1, 0.15) is 15.9 Å². The number of fused-ring (bicyclic) bond motifs is 1. The van der Waals surface area contributed by atoms with Gasteiger partial charge in [-0.15, -0.1) is 0 Å². The number of nitrogens with one attached hydrogen (secondary N) is 1. The van der Waals surface area contributed by atoms with Gasteiger partial charge in [0.1, 0.15) is 0 Å². The normalized spacial score (nSPS) is 13.0. The van der Waals surface area contributed by atoms with E-state index < -0.39 is 16.0 Å². The van der Waals surface area contributed by atoms with Crippen molar-refractivity contribution in [3.8, 4) is 11.5 Å². The third kappa shape index (κ3) is 3.50. The van der Waals surface area contributed by atoms with Crippen molar-refractivity contribution in [3.05, 3.63) is 53.6 Å². The van der Waals surface area contributed by atoms with Crippen LogP contribution in [-0.4, -0.2) is 32.8 Å². The van der Waals surface area contributed by atoms with Crippen molar-refractivity contribution in [2.24, 2.45) is 0 Å². The number of hydrogen-bond acceptors (Lipinski definition) is 5. The monoisotopic (exact) mass is 349 g/mol. The van der Waals surface area contributed by atoms with Gasteiger partial charge >= 0.3 is 5.97 Å². The van der Waals surface area contributed by atoms with Crippen LogP contribution in [0, 0.1) is 0 Å². The molecule has 8 heteroatoms. The van der Waals surface area contributed by atoms with E-state index in [1.807, 2.05) is 12.1 Å². The van der Waals surface area contributed by atoms with Gasteiger partial charge in [0.2, 0.25) is 16.8 Å². The van der Waals surface area contributed by atoms with Crippen molar-refractivity contribution in [3.63, 3.8) is 0 Å². The summed E-state index contributed by atoms with van der Waals surface area (Å²) < 4.78 is 37.4. The molecular formula is C16H15NO6S. The topological polar surface area (TPSA) is 102 Å². The number of hydrogen-bond donors (Lipinski definition) is 2. The SMILES string of the molecule is O=C(O)c1ccc(S(=O)(=O)NCCc2ccc3c(c2)OCO3)cc1. The van der Waals surface area contributed by atoms with Gasteiger partial charge in [-0.05, 0) is 48.4 Å². The largest absolute Gasteiger partial charge is 0.478 e. The average Bonchev–Trinajstić information content (AvgIpc) is 3.02. The van der Waals surface area contributed by atoms with Gasteiger partial charge in [-0.2, -0.15) is 0 Å². The van der Waals surface area contributed by atoms with E-state index in [-0.39, 0.29) is 23.8 Å². The Balaban J connectivity index is 1.61. The first-order valence-corrected chi connectivity index (χ1v) is 8.65. The number of benzene rings is 2. The molecule has 0 saturated carbocycles. The summed E-state index contributed by atoms with van der Waals surface area (Å²) >= 11 is 0. The van der Waals surface area contributed by atoms with E-state index in [1.165, 1.54) is 24.3 Å². The Kier molecular flexibility index (Phi) is 4.41. The maximum absolute atomic E-state index is 12.2. The highest BCUT2D eigenvalue weighted by molar-refractivity contribution is 7.89. The van der Waals surface area contributed by atoms with Crippen LogP contribution in [0.15, 0.2) is 47.4 Å². The van der Waals surface area contributed by atoms with Crippen molar-refractivity contribution in [1.29, 1.82) is 0 Å². The van der Waals surface area contributed by atoms with Gasteiger partial charge in [-0.25, -0.2) is 17.9 Å². The highest BCUT2D eigenvalue weighted by atomic mass is 32.2. The summed E-state index contributed by atoms with van der Waals surface area (Å²) in [5.41, 5.74) is 0.956. The minimum Gasteiger partial charge on any atom is -0.478 e. The van der Waals surface area contributed by atoms with Crippen LogP contribution in [0.2, 0.25) is 0 Å². The van der Waals surface area contributed by atoms with Crippen LogP contribution in [0.25, 0.3) is 0 Å². The number of aromatic carboxylic acids is 1. The molecule has 0 saturated heterocycles. The molecule has 0 fully saturated rings. The number of ether oxygens (including phenoxy) is 2. The van der Waals surface area contributed by atoms with Crippen LogP contribution in [0.5, 0.6) is 11.5 Å². The summed E-state index contributed by atoms with van der Waals surface area (Å²) in [4.78, 5) is 10.8. The maximum Gasteiger partial charge on any atom is 0.335 e. The predicted molar refractivity (Wildman–Crippen MR) is 84.9 cm³/mol. The van der Waals surface area contributed by atoms with Crippen molar-refractivity contribution in [2.75, 3.05) is 13.3 Å². The van der Waals surface area contributed by atoms with E-state index in [9.17, 15) is 13.2 Å². The van der Waals surface area contributed by atoms with Crippen molar-refractivity contribution in [1.82, 2.24) is 4.72 Å². The van der Waals surface area contributed by atoms with Gasteiger partial charge < -0.3 is 14.6 Å². The van der Waals surface area contributed by atoms with E-state index in [1.54, 1.807) is 6.07 Å². The summed E-state index contributed by atoms with van der Waals surface area (Å²) in [6.07, 6.45) is 0.489. The second-order valence-electron chi connectivity index (χ2n) is 5.16. The summed E-state index contributed by atoms with van der Waals surface area (Å²) in [5, 5.41) is 8.83. The second kappa shape index (κ2) is 6.50. The van der Waals surface area contributed by atoms with E-state index >= 15 is 0 Å². The van der Waals surface area contributed by atoms with E-state index in [4.69, 9.17) is 14.6 Å². The van der Waals surface area contributed by atoms with Crippen LogP contribution >= 0.6 is 0 Å². The number of carbonyl (C=O) groups is 1. The minimum atomic E-state index is -3.68. The molecule has 0 spiro atoms. The molecule has 1 aliphatic rings. The van der Waals surface area contributed by atoms with E-state index in [0.29, 0.717) is 17.9 Å². The molecule has 126 valence electrons. The molecule has 3 rings (SSSR count). The lowest BCUT2D eigenvalue weighted by Gasteiger charge is -2.07. The zero-order valence-corrected chi connectivity index (χ0v) is 13.4. The van der Waals surface area contributed by atoms with Gasteiger partial charge in [0, 0.05) is 6.54 Å². The third-order valence-electron chi connectivity index (χ3n) is 3.55. The predicted octanol–water partition coefficient (Wildman–Crippen LogP) is 1.63. The smallest absolute Gasteiger partial charge is 0.335 e. The Hall–Kier alpha value is -2.58. The van der Waals surface area contributed by atoms with Crippen LogP contribution in [0.4, 0.5) is 0 Å². The highest BCUT2D eigenvalue weighted by Crippen LogP contribution is 2.32.